The van der Waals surface area contributed by atoms with Gasteiger partial charge in [-0.2, -0.15) is 0 Å². The molecule has 1 aromatic heterocycles. The van der Waals surface area contributed by atoms with Crippen molar-refractivity contribution in [2.75, 3.05) is 7.11 Å². The second-order valence-corrected chi connectivity index (χ2v) is 6.21. The van der Waals surface area contributed by atoms with Gasteiger partial charge < -0.3 is 20.5 Å². The maximum atomic E-state index is 12.5. The highest BCUT2D eigenvalue weighted by atomic mass is 35.5. The smallest absolute Gasteiger partial charge is 0.337 e. The van der Waals surface area contributed by atoms with E-state index in [9.17, 15) is 9.59 Å². The van der Waals surface area contributed by atoms with Crippen LogP contribution < -0.4 is 15.8 Å². The number of halogens is 1. The number of carbonyl (C=O) groups is 2. The lowest BCUT2D eigenvalue weighted by Crippen LogP contribution is -2.22. The van der Waals surface area contributed by atoms with Crippen molar-refractivity contribution in [3.63, 3.8) is 0 Å². The highest BCUT2D eigenvalue weighted by Crippen LogP contribution is 2.21. The van der Waals surface area contributed by atoms with E-state index in [0.717, 1.165) is 11.1 Å². The number of carbonyl (C=O) groups excluding carboxylic acids is 2. The van der Waals surface area contributed by atoms with E-state index in [1.54, 1.807) is 60.8 Å². The van der Waals surface area contributed by atoms with Crippen LogP contribution in [0.15, 0.2) is 66.9 Å². The number of methoxy groups -OCH3 is 1. The highest BCUT2D eigenvalue weighted by Gasteiger charge is 2.09. The Balaban J connectivity index is 0.00000320. The molecule has 30 heavy (non-hydrogen) atoms. The molecule has 1 amide bonds. The Labute approximate surface area is 180 Å². The number of pyridine rings is 1. The van der Waals surface area contributed by atoms with Crippen molar-refractivity contribution in [2.24, 2.45) is 5.73 Å². The number of benzene rings is 2. The SMILES string of the molecule is COC(=O)c1ccc(CNC(=O)c2cccc(Oc3cc(CN)ccn3)c2)cc1.Cl. The van der Waals surface area contributed by atoms with Gasteiger partial charge >= 0.3 is 5.97 Å². The van der Waals surface area contributed by atoms with Crippen LogP contribution in [0.25, 0.3) is 0 Å². The molecule has 0 aliphatic heterocycles. The van der Waals surface area contributed by atoms with Crippen LogP contribution >= 0.6 is 12.4 Å². The molecule has 0 unspecified atom stereocenters. The van der Waals surface area contributed by atoms with E-state index >= 15 is 0 Å². The average Bonchev–Trinajstić information content (AvgIpc) is 2.77. The number of nitrogens with zero attached hydrogens (tertiary/aromatic N) is 1. The second kappa shape index (κ2) is 10.9. The molecule has 3 N–H and O–H groups in total. The van der Waals surface area contributed by atoms with Gasteiger partial charge in [0.1, 0.15) is 5.75 Å². The molecule has 2 aromatic carbocycles. The summed E-state index contributed by atoms with van der Waals surface area (Å²) in [4.78, 5) is 28.1. The van der Waals surface area contributed by atoms with E-state index in [1.165, 1.54) is 7.11 Å². The molecule has 156 valence electrons. The van der Waals surface area contributed by atoms with Crippen molar-refractivity contribution in [3.05, 3.63) is 89.1 Å². The molecule has 3 aromatic rings. The number of esters is 1. The van der Waals surface area contributed by atoms with Crippen molar-refractivity contribution in [3.8, 4) is 11.6 Å². The van der Waals surface area contributed by atoms with Gasteiger partial charge in [-0.25, -0.2) is 9.78 Å². The minimum atomic E-state index is -0.399. The Hall–Kier alpha value is -3.42. The molecule has 1 heterocycles. The van der Waals surface area contributed by atoms with Crippen molar-refractivity contribution in [1.29, 1.82) is 0 Å². The van der Waals surface area contributed by atoms with Crippen molar-refractivity contribution < 1.29 is 19.1 Å². The summed E-state index contributed by atoms with van der Waals surface area (Å²) < 4.78 is 10.4. The Morgan fingerprint density at radius 1 is 1.00 bits per heavy atom. The minimum absolute atomic E-state index is 0. The predicted molar refractivity (Wildman–Crippen MR) is 115 cm³/mol. The van der Waals surface area contributed by atoms with Crippen LogP contribution in [0.5, 0.6) is 11.6 Å². The molecule has 0 radical (unpaired) electrons. The number of aromatic nitrogens is 1. The van der Waals surface area contributed by atoms with Gasteiger partial charge in [0, 0.05) is 30.9 Å². The monoisotopic (exact) mass is 427 g/mol. The second-order valence-electron chi connectivity index (χ2n) is 6.21. The zero-order valence-electron chi connectivity index (χ0n) is 16.3. The number of nitrogens with two attached hydrogens (primary N) is 1. The minimum Gasteiger partial charge on any atom is -0.465 e. The topological polar surface area (TPSA) is 104 Å². The third-order valence-corrected chi connectivity index (χ3v) is 4.18. The van der Waals surface area contributed by atoms with Gasteiger partial charge in [0.25, 0.3) is 5.91 Å². The normalized spacial score (nSPS) is 9.93. The maximum absolute atomic E-state index is 12.5. The molecule has 0 spiro atoms. The molecule has 0 atom stereocenters. The third kappa shape index (κ3) is 6.04. The fourth-order valence-corrected chi connectivity index (χ4v) is 2.62. The maximum Gasteiger partial charge on any atom is 0.337 e. The summed E-state index contributed by atoms with van der Waals surface area (Å²) in [6.45, 7) is 0.716. The van der Waals surface area contributed by atoms with Crippen LogP contribution in [0.1, 0.15) is 31.8 Å². The molecule has 0 fully saturated rings. The molecule has 8 heteroatoms. The summed E-state index contributed by atoms with van der Waals surface area (Å²) in [5, 5.41) is 2.84. The Kier molecular flexibility index (Phi) is 8.34. The van der Waals surface area contributed by atoms with E-state index in [4.69, 9.17) is 10.5 Å². The lowest BCUT2D eigenvalue weighted by molar-refractivity contribution is 0.0600. The number of hydrogen-bond acceptors (Lipinski definition) is 6. The predicted octanol–water partition coefficient (Wildman–Crippen LogP) is 3.47. The van der Waals surface area contributed by atoms with Crippen LogP contribution in [-0.2, 0) is 17.8 Å². The Morgan fingerprint density at radius 2 is 1.77 bits per heavy atom. The zero-order chi connectivity index (χ0) is 20.6. The Bertz CT molecular complexity index is 1010. The summed E-state index contributed by atoms with van der Waals surface area (Å²) >= 11 is 0. The first kappa shape index (κ1) is 22.9. The molecule has 7 nitrogen and oxygen atoms in total. The van der Waals surface area contributed by atoms with Gasteiger partial charge in [0.15, 0.2) is 0 Å². The van der Waals surface area contributed by atoms with Crippen LogP contribution in [0.3, 0.4) is 0 Å². The number of nitrogens with one attached hydrogen (secondary N) is 1. The average molecular weight is 428 g/mol. The quantitative estimate of drug-likeness (QED) is 0.559. The molecule has 0 aliphatic carbocycles. The fraction of sp³-hybridized carbons (Fsp3) is 0.136. The molecule has 0 saturated carbocycles. The van der Waals surface area contributed by atoms with Gasteiger partial charge in [0.2, 0.25) is 5.88 Å². The number of rotatable bonds is 7. The lowest BCUT2D eigenvalue weighted by atomic mass is 10.1. The highest BCUT2D eigenvalue weighted by molar-refractivity contribution is 5.94. The summed E-state index contributed by atoms with van der Waals surface area (Å²) in [6, 6.07) is 17.2. The molecule has 0 saturated heterocycles. The van der Waals surface area contributed by atoms with E-state index in [0.29, 0.717) is 35.8 Å². The zero-order valence-corrected chi connectivity index (χ0v) is 17.1. The molecule has 0 aliphatic rings. The van der Waals surface area contributed by atoms with Crippen molar-refractivity contribution >= 4 is 24.3 Å². The van der Waals surface area contributed by atoms with Gasteiger partial charge in [-0.05, 0) is 47.5 Å². The van der Waals surface area contributed by atoms with E-state index in [-0.39, 0.29) is 18.3 Å². The fourth-order valence-electron chi connectivity index (χ4n) is 2.62. The molecule has 0 bridgehead atoms. The Morgan fingerprint density at radius 3 is 2.47 bits per heavy atom. The largest absolute Gasteiger partial charge is 0.465 e. The van der Waals surface area contributed by atoms with Gasteiger partial charge in [0.05, 0.1) is 12.7 Å². The van der Waals surface area contributed by atoms with Crippen LogP contribution in [0.2, 0.25) is 0 Å². The van der Waals surface area contributed by atoms with E-state index in [2.05, 4.69) is 15.0 Å². The number of ether oxygens (including phenoxy) is 2. The summed E-state index contributed by atoms with van der Waals surface area (Å²) in [7, 11) is 1.33. The standard InChI is InChI=1S/C22H21N3O4.ClH/c1-28-22(27)17-7-5-15(6-8-17)14-25-21(26)18-3-2-4-19(12-18)29-20-11-16(13-23)9-10-24-20;/h2-12H,13-14,23H2,1H3,(H,25,26);1H. The summed E-state index contributed by atoms with van der Waals surface area (Å²) in [6.07, 6.45) is 1.62. The summed E-state index contributed by atoms with van der Waals surface area (Å²) in [5.41, 5.74) is 8.31. The lowest BCUT2D eigenvalue weighted by Gasteiger charge is -2.09. The van der Waals surface area contributed by atoms with Crippen molar-refractivity contribution in [2.45, 2.75) is 13.1 Å². The molecular formula is C22H22ClN3O4. The number of amides is 1. The van der Waals surface area contributed by atoms with Crippen molar-refractivity contribution in [1.82, 2.24) is 10.3 Å². The van der Waals surface area contributed by atoms with Gasteiger partial charge in [-0.1, -0.05) is 18.2 Å². The molecule has 3 rings (SSSR count). The first-order valence-corrected chi connectivity index (χ1v) is 8.97. The summed E-state index contributed by atoms with van der Waals surface area (Å²) in [5.74, 6) is 0.276. The molecular weight excluding hydrogens is 406 g/mol. The number of hydrogen-bond donors (Lipinski definition) is 2. The van der Waals surface area contributed by atoms with Crippen LogP contribution in [0, 0.1) is 0 Å². The van der Waals surface area contributed by atoms with E-state index in [1.807, 2.05) is 6.07 Å². The third-order valence-electron chi connectivity index (χ3n) is 4.18. The van der Waals surface area contributed by atoms with E-state index < -0.39 is 5.97 Å². The van der Waals surface area contributed by atoms with Crippen LogP contribution in [-0.4, -0.2) is 24.0 Å². The first-order valence-electron chi connectivity index (χ1n) is 8.97. The van der Waals surface area contributed by atoms with Gasteiger partial charge in [-0.15, -0.1) is 12.4 Å². The van der Waals surface area contributed by atoms with Crippen LogP contribution in [0.4, 0.5) is 0 Å². The van der Waals surface area contributed by atoms with Gasteiger partial charge in [-0.3, -0.25) is 4.79 Å². The first-order chi connectivity index (χ1) is 14.1.